The maximum Gasteiger partial charge on any atom is 0.196 e. The van der Waals surface area contributed by atoms with Crippen molar-refractivity contribution in [3.05, 3.63) is 22.8 Å². The van der Waals surface area contributed by atoms with Crippen LogP contribution in [0.2, 0.25) is 0 Å². The summed E-state index contributed by atoms with van der Waals surface area (Å²) < 4.78 is 23.9. The number of hydrogen-bond acceptors (Lipinski definition) is 4. The van der Waals surface area contributed by atoms with Crippen LogP contribution in [0.5, 0.6) is 0 Å². The van der Waals surface area contributed by atoms with E-state index in [9.17, 15) is 8.42 Å². The van der Waals surface area contributed by atoms with Crippen LogP contribution in [0.1, 0.15) is 12.8 Å². The molecule has 15 heavy (non-hydrogen) atoms. The molecule has 1 rings (SSSR count). The molecule has 0 aliphatic carbocycles. The van der Waals surface area contributed by atoms with Crippen LogP contribution in [0.3, 0.4) is 0 Å². The first-order chi connectivity index (χ1) is 7.08. The second-order valence-corrected chi connectivity index (χ2v) is 5.75. The predicted octanol–water partition coefficient (Wildman–Crippen LogP) is 1.92. The second-order valence-electron chi connectivity index (χ2n) is 2.87. The van der Waals surface area contributed by atoms with E-state index >= 15 is 0 Å². The lowest BCUT2D eigenvalue weighted by Crippen LogP contribution is -2.09. The molecule has 4 nitrogen and oxygen atoms in total. The Kier molecular flexibility index (Phi) is 4.24. The van der Waals surface area contributed by atoms with E-state index < -0.39 is 9.84 Å². The third-order valence-electron chi connectivity index (χ3n) is 1.72. The number of halogens is 1. The van der Waals surface area contributed by atoms with Gasteiger partial charge in [0.15, 0.2) is 14.9 Å². The van der Waals surface area contributed by atoms with Crippen LogP contribution in [0.4, 0.5) is 0 Å². The van der Waals surface area contributed by atoms with Gasteiger partial charge in [-0.2, -0.15) is 5.26 Å². The summed E-state index contributed by atoms with van der Waals surface area (Å²) >= 11 is 3.13. The lowest BCUT2D eigenvalue weighted by Gasteiger charge is -2.03. The van der Waals surface area contributed by atoms with Gasteiger partial charge in [-0.3, -0.25) is 0 Å². The van der Waals surface area contributed by atoms with Crippen molar-refractivity contribution in [1.29, 1.82) is 5.26 Å². The highest BCUT2D eigenvalue weighted by molar-refractivity contribution is 9.10. The van der Waals surface area contributed by atoms with E-state index in [1.165, 1.54) is 6.20 Å². The van der Waals surface area contributed by atoms with Crippen molar-refractivity contribution in [2.24, 2.45) is 0 Å². The van der Waals surface area contributed by atoms with Crippen LogP contribution in [0.25, 0.3) is 0 Å². The van der Waals surface area contributed by atoms with Gasteiger partial charge in [-0.15, -0.1) is 0 Å². The zero-order valence-corrected chi connectivity index (χ0v) is 10.3. The third kappa shape index (κ3) is 3.29. The van der Waals surface area contributed by atoms with E-state index in [0.29, 0.717) is 10.9 Å². The van der Waals surface area contributed by atoms with Crippen LogP contribution >= 0.6 is 15.9 Å². The molecule has 1 aromatic heterocycles. The second kappa shape index (κ2) is 5.24. The summed E-state index contributed by atoms with van der Waals surface area (Å²) in [6.45, 7) is 0. The van der Waals surface area contributed by atoms with Crippen LogP contribution < -0.4 is 0 Å². The van der Waals surface area contributed by atoms with Crippen molar-refractivity contribution in [3.63, 3.8) is 0 Å². The topological polar surface area (TPSA) is 70.8 Å². The van der Waals surface area contributed by atoms with Crippen molar-refractivity contribution in [3.8, 4) is 6.07 Å². The molecule has 1 heterocycles. The summed E-state index contributed by atoms with van der Waals surface area (Å²) in [5, 5.41) is 8.36. The minimum Gasteiger partial charge on any atom is -0.244 e. The van der Waals surface area contributed by atoms with Gasteiger partial charge in [0, 0.05) is 12.6 Å². The molecule has 0 radical (unpaired) electrons. The monoisotopic (exact) mass is 288 g/mol. The van der Waals surface area contributed by atoms with Gasteiger partial charge < -0.3 is 0 Å². The molecular formula is C9H9BrN2O2S. The van der Waals surface area contributed by atoms with Crippen molar-refractivity contribution < 1.29 is 8.42 Å². The molecule has 0 amide bonds. The van der Waals surface area contributed by atoms with Crippen molar-refractivity contribution in [2.45, 2.75) is 17.9 Å². The van der Waals surface area contributed by atoms with E-state index in [0.717, 1.165) is 0 Å². The molecule has 0 saturated heterocycles. The zero-order chi connectivity index (χ0) is 11.3. The van der Waals surface area contributed by atoms with E-state index in [1.807, 2.05) is 6.07 Å². The van der Waals surface area contributed by atoms with Gasteiger partial charge in [-0.1, -0.05) is 0 Å². The standard InChI is InChI=1S/C9H9BrN2O2S/c10-8-4-3-6-12-9(8)15(13,14)7-2-1-5-11/h3-4,6H,1-2,7H2. The first-order valence-electron chi connectivity index (χ1n) is 4.28. The van der Waals surface area contributed by atoms with Gasteiger partial charge >= 0.3 is 0 Å². The molecule has 0 N–H and O–H groups in total. The number of hydrogen-bond donors (Lipinski definition) is 0. The first kappa shape index (κ1) is 12.1. The van der Waals surface area contributed by atoms with E-state index in [4.69, 9.17) is 5.26 Å². The van der Waals surface area contributed by atoms with Crippen LogP contribution in [0.15, 0.2) is 27.8 Å². The van der Waals surface area contributed by atoms with Crippen molar-refractivity contribution >= 4 is 25.8 Å². The third-order valence-corrected chi connectivity index (χ3v) is 4.36. The minimum atomic E-state index is -3.37. The summed E-state index contributed by atoms with van der Waals surface area (Å²) in [5.74, 6) is -0.0455. The Hall–Kier alpha value is -0.930. The van der Waals surface area contributed by atoms with Gasteiger partial charge in [0.05, 0.1) is 16.3 Å². The average Bonchev–Trinajstić information content (AvgIpc) is 2.18. The SMILES string of the molecule is N#CCCCS(=O)(=O)c1ncccc1Br. The number of pyridine rings is 1. The molecule has 1 aromatic rings. The Bertz CT molecular complexity index is 479. The number of nitrogens with zero attached hydrogens (tertiary/aromatic N) is 2. The fraction of sp³-hybridized carbons (Fsp3) is 0.333. The molecule has 0 bridgehead atoms. The van der Waals surface area contributed by atoms with Gasteiger partial charge in [-0.05, 0) is 34.5 Å². The Balaban J connectivity index is 2.88. The minimum absolute atomic E-state index is 0.0444. The van der Waals surface area contributed by atoms with Crippen LogP contribution in [0, 0.1) is 11.3 Å². The molecule has 0 saturated carbocycles. The summed E-state index contributed by atoms with van der Waals surface area (Å²) in [5.41, 5.74) is 0. The molecule has 0 aliphatic heterocycles. The zero-order valence-electron chi connectivity index (χ0n) is 7.85. The quantitative estimate of drug-likeness (QED) is 0.794. The predicted molar refractivity (Wildman–Crippen MR) is 58.8 cm³/mol. The molecule has 0 unspecified atom stereocenters. The smallest absolute Gasteiger partial charge is 0.196 e. The molecular weight excluding hydrogens is 280 g/mol. The van der Waals surface area contributed by atoms with Gasteiger partial charge in [0.25, 0.3) is 0 Å². The molecule has 80 valence electrons. The van der Waals surface area contributed by atoms with Crippen molar-refractivity contribution in [2.75, 3.05) is 5.75 Å². The normalized spacial score (nSPS) is 10.9. The van der Waals surface area contributed by atoms with E-state index in [1.54, 1.807) is 12.1 Å². The highest BCUT2D eigenvalue weighted by Gasteiger charge is 2.18. The lowest BCUT2D eigenvalue weighted by atomic mass is 10.4. The van der Waals surface area contributed by atoms with Crippen LogP contribution in [-0.4, -0.2) is 19.2 Å². The largest absolute Gasteiger partial charge is 0.244 e. The Morgan fingerprint density at radius 1 is 1.53 bits per heavy atom. The van der Waals surface area contributed by atoms with Gasteiger partial charge in [-0.25, -0.2) is 13.4 Å². The molecule has 0 aromatic carbocycles. The summed E-state index contributed by atoms with van der Waals surface area (Å²) in [4.78, 5) is 3.81. The maximum absolute atomic E-state index is 11.7. The molecule has 0 aliphatic rings. The summed E-state index contributed by atoms with van der Waals surface area (Å²) in [6, 6.07) is 5.19. The molecule has 0 atom stereocenters. The van der Waals surface area contributed by atoms with Gasteiger partial charge in [0.2, 0.25) is 0 Å². The Labute approximate surface area is 97.0 Å². The molecule has 0 spiro atoms. The van der Waals surface area contributed by atoms with E-state index in [-0.39, 0.29) is 17.2 Å². The Morgan fingerprint density at radius 3 is 2.87 bits per heavy atom. The number of sulfone groups is 1. The number of aromatic nitrogens is 1. The average molecular weight is 289 g/mol. The van der Waals surface area contributed by atoms with Gasteiger partial charge in [0.1, 0.15) is 0 Å². The number of unbranched alkanes of at least 4 members (excludes halogenated alkanes) is 1. The number of rotatable bonds is 4. The first-order valence-corrected chi connectivity index (χ1v) is 6.72. The highest BCUT2D eigenvalue weighted by atomic mass is 79.9. The molecule has 6 heteroatoms. The highest BCUT2D eigenvalue weighted by Crippen LogP contribution is 2.20. The maximum atomic E-state index is 11.7. The van der Waals surface area contributed by atoms with Crippen LogP contribution in [-0.2, 0) is 9.84 Å². The fourth-order valence-electron chi connectivity index (χ4n) is 1.04. The fourth-order valence-corrected chi connectivity index (χ4v) is 3.34. The summed E-state index contributed by atoms with van der Waals surface area (Å²) in [6.07, 6.45) is 2.01. The molecule has 0 fully saturated rings. The lowest BCUT2D eigenvalue weighted by molar-refractivity contribution is 0.589. The van der Waals surface area contributed by atoms with E-state index in [2.05, 4.69) is 20.9 Å². The summed E-state index contributed by atoms with van der Waals surface area (Å²) in [7, 11) is -3.37. The van der Waals surface area contributed by atoms with Crippen molar-refractivity contribution in [1.82, 2.24) is 4.98 Å². The number of nitriles is 1. The Morgan fingerprint density at radius 2 is 2.27 bits per heavy atom.